The highest BCUT2D eigenvalue weighted by molar-refractivity contribution is 5.89. The van der Waals surface area contributed by atoms with E-state index in [0.717, 1.165) is 55.1 Å². The van der Waals surface area contributed by atoms with Crippen LogP contribution in [0.25, 0.3) is 0 Å². The van der Waals surface area contributed by atoms with Gasteiger partial charge in [0.2, 0.25) is 5.91 Å². The number of carbonyl (C=O) groups is 2. The molecule has 1 saturated heterocycles. The molecule has 2 N–H and O–H groups in total. The fourth-order valence-corrected chi connectivity index (χ4v) is 4.04. The Hall–Kier alpha value is -2.93. The van der Waals surface area contributed by atoms with Gasteiger partial charge in [-0.3, -0.25) is 9.78 Å². The van der Waals surface area contributed by atoms with E-state index in [2.05, 4.69) is 20.5 Å². The summed E-state index contributed by atoms with van der Waals surface area (Å²) in [6.45, 7) is 7.07. The molecule has 2 aromatic rings. The minimum atomic E-state index is -0.203. The number of rotatable bonds is 7. The Balaban J connectivity index is 1.35. The first-order chi connectivity index (χ1) is 14.9. The molecule has 2 heterocycles. The van der Waals surface area contributed by atoms with Crippen molar-refractivity contribution in [3.8, 4) is 0 Å². The number of aromatic nitrogens is 1. The SMILES string of the molecule is Cc1cc(NC(=O)NCCN2CCC(N(C)C(=O)Cc3ccccc3)CC2)cc(C)n1. The lowest BCUT2D eigenvalue weighted by Gasteiger charge is -2.36. The molecule has 0 atom stereocenters. The molecule has 1 aliphatic rings. The number of pyridine rings is 1. The number of urea groups is 1. The van der Waals surface area contributed by atoms with Gasteiger partial charge in [-0.05, 0) is 44.4 Å². The van der Waals surface area contributed by atoms with Gasteiger partial charge in [-0.1, -0.05) is 30.3 Å². The molecule has 0 spiro atoms. The van der Waals surface area contributed by atoms with Crippen molar-refractivity contribution in [1.29, 1.82) is 0 Å². The molecule has 0 bridgehead atoms. The van der Waals surface area contributed by atoms with Crippen LogP contribution in [-0.4, -0.2) is 66.0 Å². The number of anilines is 1. The molecule has 166 valence electrons. The number of benzene rings is 1. The summed E-state index contributed by atoms with van der Waals surface area (Å²) in [5, 5.41) is 5.78. The Morgan fingerprint density at radius 1 is 1.10 bits per heavy atom. The number of carbonyl (C=O) groups excluding carboxylic acids is 2. The highest BCUT2D eigenvalue weighted by Gasteiger charge is 2.25. The number of likely N-dealkylation sites (tertiary alicyclic amines) is 1. The van der Waals surface area contributed by atoms with Crippen LogP contribution in [0.5, 0.6) is 0 Å². The molecule has 7 heteroatoms. The number of nitrogens with one attached hydrogen (secondary N) is 2. The Bertz CT molecular complexity index is 859. The highest BCUT2D eigenvalue weighted by Crippen LogP contribution is 2.16. The van der Waals surface area contributed by atoms with E-state index < -0.39 is 0 Å². The first-order valence-electron chi connectivity index (χ1n) is 10.9. The maximum absolute atomic E-state index is 12.6. The van der Waals surface area contributed by atoms with E-state index in [1.165, 1.54) is 0 Å². The topological polar surface area (TPSA) is 77.6 Å². The number of hydrogen-bond donors (Lipinski definition) is 2. The van der Waals surface area contributed by atoms with E-state index in [1.807, 2.05) is 68.3 Å². The zero-order valence-electron chi connectivity index (χ0n) is 18.7. The molecule has 1 fully saturated rings. The van der Waals surface area contributed by atoms with Crippen LogP contribution in [0.15, 0.2) is 42.5 Å². The maximum Gasteiger partial charge on any atom is 0.319 e. The first-order valence-corrected chi connectivity index (χ1v) is 10.9. The quantitative estimate of drug-likeness (QED) is 0.718. The van der Waals surface area contributed by atoms with Gasteiger partial charge in [-0.2, -0.15) is 0 Å². The van der Waals surface area contributed by atoms with Crippen molar-refractivity contribution in [2.75, 3.05) is 38.5 Å². The lowest BCUT2D eigenvalue weighted by molar-refractivity contribution is -0.132. The molecule has 0 radical (unpaired) electrons. The van der Waals surface area contributed by atoms with Crippen molar-refractivity contribution in [2.45, 2.75) is 39.2 Å². The second kappa shape index (κ2) is 10.9. The molecule has 0 saturated carbocycles. The molecule has 1 aromatic heterocycles. The van der Waals surface area contributed by atoms with Gasteiger partial charge >= 0.3 is 6.03 Å². The largest absolute Gasteiger partial charge is 0.342 e. The average molecular weight is 424 g/mol. The third kappa shape index (κ3) is 7.07. The molecule has 1 aromatic carbocycles. The van der Waals surface area contributed by atoms with Crippen LogP contribution in [0.4, 0.5) is 10.5 Å². The monoisotopic (exact) mass is 423 g/mol. The Kier molecular flexibility index (Phi) is 8.00. The second-order valence-corrected chi connectivity index (χ2v) is 8.26. The number of nitrogens with zero attached hydrogens (tertiary/aromatic N) is 3. The van der Waals surface area contributed by atoms with Crippen LogP contribution in [0.2, 0.25) is 0 Å². The molecule has 31 heavy (non-hydrogen) atoms. The Labute approximate surface area is 184 Å². The highest BCUT2D eigenvalue weighted by atomic mass is 16.2. The summed E-state index contributed by atoms with van der Waals surface area (Å²) in [6.07, 6.45) is 2.37. The van der Waals surface area contributed by atoms with Crippen LogP contribution in [0.1, 0.15) is 29.8 Å². The zero-order valence-corrected chi connectivity index (χ0v) is 18.7. The normalized spacial score (nSPS) is 14.8. The third-order valence-electron chi connectivity index (χ3n) is 5.75. The number of amides is 3. The standard InChI is InChI=1S/C24H33N5O2/c1-18-15-21(16-19(2)26-18)27-24(31)25-11-14-29-12-9-22(10-13-29)28(3)23(30)17-20-7-5-4-6-8-20/h4-8,15-16,22H,9-14,17H2,1-3H3,(H2,25,26,27,31). The molecular weight excluding hydrogens is 390 g/mol. The van der Waals surface area contributed by atoms with Gasteiger partial charge in [-0.15, -0.1) is 0 Å². The molecular formula is C24H33N5O2. The van der Waals surface area contributed by atoms with E-state index in [0.29, 0.717) is 13.0 Å². The van der Waals surface area contributed by atoms with Crippen molar-refractivity contribution < 1.29 is 9.59 Å². The predicted octanol–water partition coefficient (Wildman–Crippen LogP) is 2.99. The fourth-order valence-electron chi connectivity index (χ4n) is 4.04. The van der Waals surface area contributed by atoms with Crippen LogP contribution < -0.4 is 10.6 Å². The molecule has 0 unspecified atom stereocenters. The summed E-state index contributed by atoms with van der Waals surface area (Å²) in [5.41, 5.74) is 3.57. The van der Waals surface area contributed by atoms with Crippen LogP contribution in [-0.2, 0) is 11.2 Å². The predicted molar refractivity (Wildman–Crippen MR) is 123 cm³/mol. The summed E-state index contributed by atoms with van der Waals surface area (Å²) in [7, 11) is 1.92. The van der Waals surface area contributed by atoms with Crippen molar-refractivity contribution in [3.63, 3.8) is 0 Å². The van der Waals surface area contributed by atoms with Crippen molar-refractivity contribution in [3.05, 3.63) is 59.4 Å². The minimum absolute atomic E-state index is 0.171. The number of likely N-dealkylation sites (N-methyl/N-ethyl adjacent to an activating group) is 1. The summed E-state index contributed by atoms with van der Waals surface area (Å²) < 4.78 is 0. The number of aryl methyl sites for hydroxylation is 2. The summed E-state index contributed by atoms with van der Waals surface area (Å²) in [5.74, 6) is 0.171. The molecule has 7 nitrogen and oxygen atoms in total. The zero-order chi connectivity index (χ0) is 22.2. The summed E-state index contributed by atoms with van der Waals surface area (Å²) in [6, 6.07) is 13.7. The van der Waals surface area contributed by atoms with Gasteiger partial charge in [0.1, 0.15) is 0 Å². The van der Waals surface area contributed by atoms with Gasteiger partial charge < -0.3 is 20.4 Å². The minimum Gasteiger partial charge on any atom is -0.342 e. The Morgan fingerprint density at radius 3 is 2.39 bits per heavy atom. The second-order valence-electron chi connectivity index (χ2n) is 8.26. The lowest BCUT2D eigenvalue weighted by Crippen LogP contribution is -2.47. The van der Waals surface area contributed by atoms with Gasteiger partial charge in [0.05, 0.1) is 6.42 Å². The number of hydrogen-bond acceptors (Lipinski definition) is 4. The molecule has 0 aliphatic carbocycles. The summed E-state index contributed by atoms with van der Waals surface area (Å²) in [4.78, 5) is 33.3. The van der Waals surface area contributed by atoms with Gasteiger partial charge in [0.15, 0.2) is 0 Å². The Morgan fingerprint density at radius 2 is 1.74 bits per heavy atom. The lowest BCUT2D eigenvalue weighted by atomic mass is 10.0. The van der Waals surface area contributed by atoms with E-state index in [1.54, 1.807) is 0 Å². The van der Waals surface area contributed by atoms with Crippen molar-refractivity contribution >= 4 is 17.6 Å². The maximum atomic E-state index is 12.6. The van der Waals surface area contributed by atoms with Gasteiger partial charge in [0, 0.05) is 56.3 Å². The number of piperidine rings is 1. The van der Waals surface area contributed by atoms with Crippen LogP contribution in [0, 0.1) is 13.8 Å². The van der Waals surface area contributed by atoms with Gasteiger partial charge in [-0.25, -0.2) is 4.79 Å². The van der Waals surface area contributed by atoms with Crippen LogP contribution >= 0.6 is 0 Å². The molecule has 3 amide bonds. The smallest absolute Gasteiger partial charge is 0.319 e. The fraction of sp³-hybridized carbons (Fsp3) is 0.458. The third-order valence-corrected chi connectivity index (χ3v) is 5.75. The molecule has 1 aliphatic heterocycles. The molecule has 3 rings (SSSR count). The van der Waals surface area contributed by atoms with E-state index in [-0.39, 0.29) is 18.0 Å². The van der Waals surface area contributed by atoms with E-state index in [9.17, 15) is 9.59 Å². The van der Waals surface area contributed by atoms with E-state index >= 15 is 0 Å². The van der Waals surface area contributed by atoms with E-state index in [4.69, 9.17) is 0 Å². The average Bonchev–Trinajstić information content (AvgIpc) is 2.73. The van der Waals surface area contributed by atoms with Crippen molar-refractivity contribution in [2.24, 2.45) is 0 Å². The van der Waals surface area contributed by atoms with Crippen LogP contribution in [0.3, 0.4) is 0 Å². The summed E-state index contributed by atoms with van der Waals surface area (Å²) >= 11 is 0. The first kappa shape index (κ1) is 22.7. The van der Waals surface area contributed by atoms with Crippen molar-refractivity contribution in [1.82, 2.24) is 20.1 Å². The van der Waals surface area contributed by atoms with Gasteiger partial charge in [0.25, 0.3) is 0 Å².